The van der Waals surface area contributed by atoms with Crippen LogP contribution in [0.15, 0.2) is 34.2 Å². The molecule has 124 valence electrons. The number of aliphatic imine (C=N–C) groups is 1. The van der Waals surface area contributed by atoms with Crippen LogP contribution in [0, 0.1) is 0 Å². The van der Waals surface area contributed by atoms with Gasteiger partial charge in [-0.1, -0.05) is 24.6 Å². The number of nitrogens with one attached hydrogen (secondary N) is 2. The van der Waals surface area contributed by atoms with Crippen molar-refractivity contribution in [3.8, 4) is 0 Å². The van der Waals surface area contributed by atoms with E-state index in [0.717, 1.165) is 45.1 Å². The van der Waals surface area contributed by atoms with Gasteiger partial charge in [-0.05, 0) is 24.3 Å². The van der Waals surface area contributed by atoms with Gasteiger partial charge in [0.25, 0.3) is 0 Å². The zero-order valence-electron chi connectivity index (χ0n) is 13.3. The number of thiophene rings is 1. The van der Waals surface area contributed by atoms with E-state index in [1.54, 1.807) is 0 Å². The molecular formula is C16H26IN3OS. The Bertz CT molecular complexity index is 474. The normalized spacial score (nSPS) is 16.5. The second-order valence-corrected chi connectivity index (χ2v) is 6.21. The van der Waals surface area contributed by atoms with Crippen LogP contribution in [-0.2, 0) is 4.74 Å². The highest BCUT2D eigenvalue weighted by Gasteiger charge is 2.08. The summed E-state index contributed by atoms with van der Waals surface area (Å²) in [5.41, 5.74) is 1.48. The fraction of sp³-hybridized carbons (Fsp3) is 0.562. The molecule has 0 amide bonds. The highest BCUT2D eigenvalue weighted by atomic mass is 127. The molecule has 0 saturated carbocycles. The van der Waals surface area contributed by atoms with Gasteiger partial charge in [-0.15, -0.1) is 35.3 Å². The van der Waals surface area contributed by atoms with E-state index in [4.69, 9.17) is 4.74 Å². The monoisotopic (exact) mass is 435 g/mol. The van der Waals surface area contributed by atoms with E-state index in [1.807, 2.05) is 18.4 Å². The third-order valence-electron chi connectivity index (χ3n) is 3.62. The minimum Gasteiger partial charge on any atom is -0.377 e. The topological polar surface area (TPSA) is 45.7 Å². The van der Waals surface area contributed by atoms with Gasteiger partial charge in [-0.2, -0.15) is 0 Å². The van der Waals surface area contributed by atoms with Gasteiger partial charge < -0.3 is 15.4 Å². The molecule has 0 aromatic carbocycles. The average molecular weight is 435 g/mol. The number of hydrogen-bond donors (Lipinski definition) is 2. The maximum atomic E-state index is 5.32. The number of halogens is 1. The zero-order chi connectivity index (χ0) is 14.9. The van der Waals surface area contributed by atoms with Crippen molar-refractivity contribution in [3.05, 3.63) is 34.0 Å². The van der Waals surface area contributed by atoms with Crippen molar-refractivity contribution in [1.29, 1.82) is 0 Å². The molecule has 6 heteroatoms. The van der Waals surface area contributed by atoms with E-state index in [1.165, 1.54) is 10.5 Å². The molecule has 0 spiro atoms. The largest absolute Gasteiger partial charge is 0.377 e. The Kier molecular flexibility index (Phi) is 9.74. The van der Waals surface area contributed by atoms with Crippen molar-refractivity contribution in [2.45, 2.75) is 25.7 Å². The van der Waals surface area contributed by atoms with Crippen molar-refractivity contribution in [1.82, 2.24) is 10.6 Å². The highest BCUT2D eigenvalue weighted by molar-refractivity contribution is 14.0. The Balaban J connectivity index is 0.00000242. The van der Waals surface area contributed by atoms with Crippen LogP contribution >= 0.6 is 35.3 Å². The number of hydrogen-bond acceptors (Lipinski definition) is 3. The summed E-state index contributed by atoms with van der Waals surface area (Å²) in [4.78, 5) is 5.69. The Morgan fingerprint density at radius 1 is 1.45 bits per heavy atom. The summed E-state index contributed by atoms with van der Waals surface area (Å²) in [6, 6.07) is 4.29. The highest BCUT2D eigenvalue weighted by Crippen LogP contribution is 2.19. The molecule has 1 aromatic heterocycles. The molecule has 0 radical (unpaired) electrons. The fourth-order valence-corrected chi connectivity index (χ4v) is 3.06. The molecule has 1 aromatic rings. The minimum atomic E-state index is 0. The van der Waals surface area contributed by atoms with Gasteiger partial charge in [0.05, 0.1) is 13.2 Å². The molecule has 2 rings (SSSR count). The maximum absolute atomic E-state index is 5.32. The van der Waals surface area contributed by atoms with Gasteiger partial charge in [0.1, 0.15) is 0 Å². The average Bonchev–Trinajstić information content (AvgIpc) is 3.06. The second-order valence-electron chi connectivity index (χ2n) is 5.23. The van der Waals surface area contributed by atoms with E-state index in [-0.39, 0.29) is 24.0 Å². The van der Waals surface area contributed by atoms with Crippen molar-refractivity contribution >= 4 is 41.3 Å². The molecular weight excluding hydrogens is 409 g/mol. The molecule has 0 fully saturated rings. The first-order chi connectivity index (χ1) is 10.3. The zero-order valence-corrected chi connectivity index (χ0v) is 16.4. The van der Waals surface area contributed by atoms with Crippen LogP contribution < -0.4 is 10.6 Å². The minimum absolute atomic E-state index is 0. The summed E-state index contributed by atoms with van der Waals surface area (Å²) in [5, 5.41) is 8.90. The number of rotatable bonds is 6. The first-order valence-electron chi connectivity index (χ1n) is 7.53. The summed E-state index contributed by atoms with van der Waals surface area (Å²) < 4.78 is 5.32. The Hall–Kier alpha value is -0.600. The van der Waals surface area contributed by atoms with Gasteiger partial charge in [-0.25, -0.2) is 0 Å². The predicted octanol–water partition coefficient (Wildman–Crippen LogP) is 3.37. The van der Waals surface area contributed by atoms with Crippen molar-refractivity contribution in [3.63, 3.8) is 0 Å². The summed E-state index contributed by atoms with van der Waals surface area (Å²) in [7, 11) is 1.82. The van der Waals surface area contributed by atoms with Gasteiger partial charge >= 0.3 is 0 Å². The van der Waals surface area contributed by atoms with Crippen LogP contribution in [0.1, 0.15) is 30.6 Å². The van der Waals surface area contributed by atoms with Crippen LogP contribution in [0.25, 0.3) is 0 Å². The maximum Gasteiger partial charge on any atom is 0.191 e. The molecule has 2 N–H and O–H groups in total. The van der Waals surface area contributed by atoms with E-state index >= 15 is 0 Å². The van der Waals surface area contributed by atoms with E-state index in [0.29, 0.717) is 5.92 Å². The van der Waals surface area contributed by atoms with Gasteiger partial charge in [0.2, 0.25) is 0 Å². The Morgan fingerprint density at radius 2 is 2.32 bits per heavy atom. The summed E-state index contributed by atoms with van der Waals surface area (Å²) >= 11 is 1.81. The Morgan fingerprint density at radius 3 is 2.95 bits per heavy atom. The molecule has 2 heterocycles. The molecule has 1 aliphatic heterocycles. The summed E-state index contributed by atoms with van der Waals surface area (Å²) in [5.74, 6) is 1.38. The molecule has 1 atom stereocenters. The summed E-state index contributed by atoms with van der Waals surface area (Å²) in [6.45, 7) is 5.67. The third kappa shape index (κ3) is 6.66. The van der Waals surface area contributed by atoms with E-state index < -0.39 is 0 Å². The predicted molar refractivity (Wildman–Crippen MR) is 106 cm³/mol. The number of guanidine groups is 1. The molecule has 1 unspecified atom stereocenters. The Labute approximate surface area is 154 Å². The van der Waals surface area contributed by atoms with Crippen LogP contribution in [0.5, 0.6) is 0 Å². The lowest BCUT2D eigenvalue weighted by atomic mass is 10.1. The van der Waals surface area contributed by atoms with Crippen molar-refractivity contribution in [2.75, 3.05) is 33.4 Å². The summed E-state index contributed by atoms with van der Waals surface area (Å²) in [6.07, 6.45) is 4.31. The lowest BCUT2D eigenvalue weighted by Gasteiger charge is -2.17. The molecule has 0 bridgehead atoms. The lowest BCUT2D eigenvalue weighted by molar-refractivity contribution is 0.153. The van der Waals surface area contributed by atoms with Crippen molar-refractivity contribution in [2.24, 2.45) is 4.99 Å². The van der Waals surface area contributed by atoms with E-state index in [2.05, 4.69) is 46.1 Å². The molecule has 4 nitrogen and oxygen atoms in total. The standard InChI is InChI=1S/C16H25N3OS.HI/c1-13(15-4-3-11-21-15)12-19-16(17-2)18-8-5-14-6-9-20-10-7-14;/h3-4,6,11,13H,5,7-10,12H2,1-2H3,(H2,17,18,19);1H. The molecule has 0 saturated heterocycles. The first kappa shape index (κ1) is 19.4. The van der Waals surface area contributed by atoms with Gasteiger partial charge in [-0.3, -0.25) is 4.99 Å². The number of ether oxygens (including phenoxy) is 1. The molecule has 1 aliphatic rings. The molecule has 0 aliphatic carbocycles. The molecule has 22 heavy (non-hydrogen) atoms. The van der Waals surface area contributed by atoms with E-state index in [9.17, 15) is 0 Å². The SMILES string of the molecule is CN=C(NCCC1=CCOCC1)NCC(C)c1cccs1.I. The number of nitrogens with zero attached hydrogens (tertiary/aromatic N) is 1. The first-order valence-corrected chi connectivity index (χ1v) is 8.41. The van der Waals surface area contributed by atoms with Gasteiger partial charge in [0.15, 0.2) is 5.96 Å². The third-order valence-corrected chi connectivity index (χ3v) is 4.73. The second kappa shape index (κ2) is 11.0. The fourth-order valence-electron chi connectivity index (χ4n) is 2.28. The lowest BCUT2D eigenvalue weighted by Crippen LogP contribution is -2.39. The quantitative estimate of drug-likeness (QED) is 0.312. The van der Waals surface area contributed by atoms with Crippen LogP contribution in [0.4, 0.5) is 0 Å². The van der Waals surface area contributed by atoms with Crippen molar-refractivity contribution < 1.29 is 4.74 Å². The van der Waals surface area contributed by atoms with Gasteiger partial charge in [0, 0.05) is 30.9 Å². The van der Waals surface area contributed by atoms with Crippen LogP contribution in [0.3, 0.4) is 0 Å². The van der Waals surface area contributed by atoms with Crippen LogP contribution in [-0.4, -0.2) is 39.3 Å². The smallest absolute Gasteiger partial charge is 0.191 e. The van der Waals surface area contributed by atoms with Crippen LogP contribution in [0.2, 0.25) is 0 Å².